The van der Waals surface area contributed by atoms with Crippen molar-refractivity contribution in [3.63, 3.8) is 0 Å². The third kappa shape index (κ3) is 3.87. The second kappa shape index (κ2) is 7.91. The molecule has 0 fully saturated rings. The van der Waals surface area contributed by atoms with E-state index in [4.69, 9.17) is 28.2 Å². The van der Waals surface area contributed by atoms with Crippen molar-refractivity contribution >= 4 is 34.2 Å². The van der Waals surface area contributed by atoms with Crippen molar-refractivity contribution in [1.82, 2.24) is 9.55 Å². The number of aryl methyl sites for hydroxylation is 1. The molecule has 3 aromatic carbocycles. The van der Waals surface area contributed by atoms with E-state index in [2.05, 4.69) is 6.07 Å². The summed E-state index contributed by atoms with van der Waals surface area (Å²) in [5.41, 5.74) is 3.13. The second-order valence-corrected chi connectivity index (χ2v) is 8.16. The average molecular weight is 420 g/mol. The molecule has 144 valence electrons. The fraction of sp³-hybridized carbons (Fsp3) is 0.167. The Morgan fingerprint density at radius 2 is 1.38 bits per heavy atom. The van der Waals surface area contributed by atoms with Crippen LogP contribution in [-0.4, -0.2) is 9.55 Å². The van der Waals surface area contributed by atoms with Crippen molar-refractivity contribution in [3.05, 3.63) is 99.8 Å². The number of hydrogen-bond acceptors (Lipinski definition) is 2. The Labute approximate surface area is 180 Å². The van der Waals surface area contributed by atoms with Crippen molar-refractivity contribution in [2.24, 2.45) is 7.05 Å². The quantitative estimate of drug-likeness (QED) is 0.390. The molecule has 0 aliphatic rings. The Bertz CT molecular complexity index is 1140. The molecule has 0 aliphatic heterocycles. The Kier molecular flexibility index (Phi) is 5.32. The highest BCUT2D eigenvalue weighted by molar-refractivity contribution is 6.30. The van der Waals surface area contributed by atoms with Gasteiger partial charge in [0.1, 0.15) is 11.2 Å². The van der Waals surface area contributed by atoms with Crippen LogP contribution in [0.15, 0.2) is 72.8 Å². The van der Waals surface area contributed by atoms with Gasteiger partial charge in [0.15, 0.2) is 0 Å². The fourth-order valence-electron chi connectivity index (χ4n) is 3.82. The number of para-hydroxylation sites is 2. The van der Waals surface area contributed by atoms with Crippen LogP contribution in [0.5, 0.6) is 0 Å². The third-order valence-electron chi connectivity index (χ3n) is 5.27. The topological polar surface area (TPSA) is 41.6 Å². The average Bonchev–Trinajstić information content (AvgIpc) is 3.08. The lowest BCUT2D eigenvalue weighted by Crippen LogP contribution is -2.33. The minimum Gasteiger partial charge on any atom is -0.330 e. The van der Waals surface area contributed by atoms with E-state index in [0.717, 1.165) is 28.0 Å². The van der Waals surface area contributed by atoms with Crippen LogP contribution >= 0.6 is 23.2 Å². The van der Waals surface area contributed by atoms with E-state index in [1.807, 2.05) is 84.4 Å². The van der Waals surface area contributed by atoms with Crippen molar-refractivity contribution in [3.8, 4) is 6.07 Å². The number of fused-ring (bicyclic) bond motifs is 1. The van der Waals surface area contributed by atoms with Crippen LogP contribution in [0.4, 0.5) is 0 Å². The van der Waals surface area contributed by atoms with Gasteiger partial charge in [0.05, 0.1) is 17.1 Å². The van der Waals surface area contributed by atoms with Crippen LogP contribution in [-0.2, 0) is 25.3 Å². The van der Waals surface area contributed by atoms with Gasteiger partial charge in [-0.15, -0.1) is 0 Å². The zero-order chi connectivity index (χ0) is 20.4. The predicted octanol–water partition coefficient (Wildman–Crippen LogP) is 6.13. The molecule has 0 unspecified atom stereocenters. The first-order valence-corrected chi connectivity index (χ1v) is 10.1. The maximum atomic E-state index is 10.5. The molecule has 0 saturated heterocycles. The number of halogens is 2. The normalized spacial score (nSPS) is 11.5. The van der Waals surface area contributed by atoms with E-state index in [1.54, 1.807) is 0 Å². The summed E-state index contributed by atoms with van der Waals surface area (Å²) in [6, 6.07) is 25.9. The van der Waals surface area contributed by atoms with Gasteiger partial charge < -0.3 is 4.57 Å². The summed E-state index contributed by atoms with van der Waals surface area (Å²) < 4.78 is 2.03. The number of imidazole rings is 1. The van der Waals surface area contributed by atoms with Gasteiger partial charge in [-0.25, -0.2) is 4.98 Å². The number of rotatable bonds is 5. The summed E-state index contributed by atoms with van der Waals surface area (Å²) in [6.07, 6.45) is 1.06. The number of hydrogen-bond donors (Lipinski definition) is 0. The molecule has 4 aromatic rings. The first-order chi connectivity index (χ1) is 14.0. The first kappa shape index (κ1) is 19.5. The molecule has 0 saturated carbocycles. The highest BCUT2D eigenvalue weighted by Crippen LogP contribution is 2.34. The van der Waals surface area contributed by atoms with Gasteiger partial charge >= 0.3 is 0 Å². The monoisotopic (exact) mass is 419 g/mol. The maximum Gasteiger partial charge on any atom is 0.130 e. The largest absolute Gasteiger partial charge is 0.330 e. The lowest BCUT2D eigenvalue weighted by Gasteiger charge is -2.27. The molecule has 29 heavy (non-hydrogen) atoms. The van der Waals surface area contributed by atoms with Gasteiger partial charge in [0.25, 0.3) is 0 Å². The molecule has 0 bridgehead atoms. The summed E-state index contributed by atoms with van der Waals surface area (Å²) in [5, 5.41) is 11.8. The number of benzene rings is 3. The fourth-order valence-corrected chi connectivity index (χ4v) is 4.08. The lowest BCUT2D eigenvalue weighted by atomic mass is 9.77. The van der Waals surface area contributed by atoms with Crippen molar-refractivity contribution in [2.45, 2.75) is 18.3 Å². The van der Waals surface area contributed by atoms with Crippen molar-refractivity contribution < 1.29 is 0 Å². The van der Waals surface area contributed by atoms with E-state index in [1.165, 1.54) is 0 Å². The van der Waals surface area contributed by atoms with E-state index < -0.39 is 5.41 Å². The van der Waals surface area contributed by atoms with Crippen LogP contribution in [0.3, 0.4) is 0 Å². The summed E-state index contributed by atoms with van der Waals surface area (Å²) in [7, 11) is 1.97. The van der Waals surface area contributed by atoms with Gasteiger partial charge in [0.2, 0.25) is 0 Å². The Morgan fingerprint density at radius 1 is 0.862 bits per heavy atom. The highest BCUT2D eigenvalue weighted by atomic mass is 35.5. The van der Waals surface area contributed by atoms with Crippen LogP contribution in [0.2, 0.25) is 10.0 Å². The van der Waals surface area contributed by atoms with Gasteiger partial charge in [-0.3, -0.25) is 0 Å². The summed E-state index contributed by atoms with van der Waals surface area (Å²) in [5.74, 6) is 0.756. The van der Waals surface area contributed by atoms with Crippen LogP contribution in [0.1, 0.15) is 17.0 Å². The second-order valence-electron chi connectivity index (χ2n) is 7.28. The SMILES string of the molecule is Cn1c(C(C#N)(Cc2ccc(Cl)cc2)Cc2ccc(Cl)cc2)nc2ccccc21. The van der Waals surface area contributed by atoms with Gasteiger partial charge in [0, 0.05) is 17.1 Å². The molecule has 5 heteroatoms. The summed E-state index contributed by atoms with van der Waals surface area (Å²) in [4.78, 5) is 4.87. The Morgan fingerprint density at radius 3 is 1.86 bits per heavy atom. The molecule has 1 aromatic heterocycles. The highest BCUT2D eigenvalue weighted by Gasteiger charge is 2.37. The zero-order valence-corrected chi connectivity index (χ0v) is 17.5. The Balaban J connectivity index is 1.86. The number of nitrogens with zero attached hydrogens (tertiary/aromatic N) is 3. The minimum atomic E-state index is -0.838. The molecule has 0 atom stereocenters. The van der Waals surface area contributed by atoms with E-state index in [-0.39, 0.29) is 0 Å². The van der Waals surface area contributed by atoms with Crippen molar-refractivity contribution in [1.29, 1.82) is 5.26 Å². The molecule has 3 nitrogen and oxygen atoms in total. The van der Waals surface area contributed by atoms with Gasteiger partial charge in [-0.1, -0.05) is 59.6 Å². The van der Waals surface area contributed by atoms with E-state index >= 15 is 0 Å². The predicted molar refractivity (Wildman–Crippen MR) is 118 cm³/mol. The third-order valence-corrected chi connectivity index (χ3v) is 5.77. The van der Waals surface area contributed by atoms with E-state index in [9.17, 15) is 5.26 Å². The number of nitriles is 1. The summed E-state index contributed by atoms with van der Waals surface area (Å²) in [6.45, 7) is 0. The molecule has 0 spiro atoms. The molecule has 0 amide bonds. The smallest absolute Gasteiger partial charge is 0.130 e. The number of aromatic nitrogens is 2. The van der Waals surface area contributed by atoms with E-state index in [0.29, 0.717) is 22.9 Å². The molecule has 0 N–H and O–H groups in total. The minimum absolute atomic E-state index is 0.528. The maximum absolute atomic E-state index is 10.5. The molecule has 0 aliphatic carbocycles. The summed E-state index contributed by atoms with van der Waals surface area (Å²) >= 11 is 12.1. The molecular formula is C24H19Cl2N3. The van der Waals surface area contributed by atoms with Crippen molar-refractivity contribution in [2.75, 3.05) is 0 Å². The standard InChI is InChI=1S/C24H19Cl2N3/c1-29-22-5-3-2-4-21(22)28-23(29)24(16-27,14-17-6-10-19(25)11-7-17)15-18-8-12-20(26)13-9-18/h2-13H,14-15H2,1H3. The van der Waals surface area contributed by atoms with Crippen LogP contribution in [0.25, 0.3) is 11.0 Å². The first-order valence-electron chi connectivity index (χ1n) is 9.33. The Hall–Kier alpha value is -2.80. The molecule has 4 rings (SSSR count). The van der Waals surface area contributed by atoms with Gasteiger partial charge in [-0.05, 0) is 60.4 Å². The van der Waals surface area contributed by atoms with Crippen LogP contribution < -0.4 is 0 Å². The van der Waals surface area contributed by atoms with Gasteiger partial charge in [-0.2, -0.15) is 5.26 Å². The zero-order valence-electron chi connectivity index (χ0n) is 15.9. The molecular weight excluding hydrogens is 401 g/mol. The lowest BCUT2D eigenvalue weighted by molar-refractivity contribution is 0.492. The molecule has 1 heterocycles. The van der Waals surface area contributed by atoms with Crippen LogP contribution in [0, 0.1) is 11.3 Å². The molecule has 0 radical (unpaired) electrons.